The minimum absolute atomic E-state index is 0.0674. The molecule has 1 aromatic rings. The molecule has 0 spiro atoms. The normalized spacial score (nSPS) is 30.8. The molecule has 0 bridgehead atoms. The average molecular weight is 278 g/mol. The average Bonchev–Trinajstić information content (AvgIpc) is 2.73. The molecule has 1 aliphatic heterocycles. The predicted octanol–water partition coefficient (Wildman–Crippen LogP) is 1.84. The SMILES string of the molecule is COC(=O)C1C2Sc3ccccc3C2C1C(=O)OC. The molecule has 3 rings (SSSR count). The van der Waals surface area contributed by atoms with E-state index in [1.54, 1.807) is 11.8 Å². The predicted molar refractivity (Wildman–Crippen MR) is 69.8 cm³/mol. The monoisotopic (exact) mass is 278 g/mol. The molecule has 5 heteroatoms. The van der Waals surface area contributed by atoms with Crippen molar-refractivity contribution in [3.8, 4) is 0 Å². The van der Waals surface area contributed by atoms with Crippen molar-refractivity contribution in [2.75, 3.05) is 14.2 Å². The molecule has 1 aromatic carbocycles. The van der Waals surface area contributed by atoms with Gasteiger partial charge in [0.15, 0.2) is 0 Å². The van der Waals surface area contributed by atoms with Crippen LogP contribution in [0.5, 0.6) is 0 Å². The molecule has 1 fully saturated rings. The molecule has 4 nitrogen and oxygen atoms in total. The van der Waals surface area contributed by atoms with Crippen molar-refractivity contribution in [2.45, 2.75) is 16.1 Å². The van der Waals surface area contributed by atoms with Gasteiger partial charge >= 0.3 is 11.9 Å². The Morgan fingerprint density at radius 2 is 1.68 bits per heavy atom. The number of methoxy groups -OCH3 is 2. The maximum Gasteiger partial charge on any atom is 0.310 e. The molecule has 0 saturated heterocycles. The summed E-state index contributed by atoms with van der Waals surface area (Å²) in [6.07, 6.45) is 0. The van der Waals surface area contributed by atoms with E-state index in [1.807, 2.05) is 24.3 Å². The highest BCUT2D eigenvalue weighted by Crippen LogP contribution is 2.62. The van der Waals surface area contributed by atoms with Crippen LogP contribution in [0.2, 0.25) is 0 Å². The molecule has 0 radical (unpaired) electrons. The van der Waals surface area contributed by atoms with E-state index in [0.29, 0.717) is 0 Å². The highest BCUT2D eigenvalue weighted by molar-refractivity contribution is 8.00. The van der Waals surface area contributed by atoms with Gasteiger partial charge in [-0.3, -0.25) is 9.59 Å². The summed E-state index contributed by atoms with van der Waals surface area (Å²) in [7, 11) is 2.72. The summed E-state index contributed by atoms with van der Waals surface area (Å²) in [4.78, 5) is 25.0. The number of esters is 2. The summed E-state index contributed by atoms with van der Waals surface area (Å²) in [5.74, 6) is -1.40. The van der Waals surface area contributed by atoms with E-state index in [4.69, 9.17) is 9.47 Å². The third kappa shape index (κ3) is 1.68. The second-order valence-corrected chi connectivity index (χ2v) is 5.96. The van der Waals surface area contributed by atoms with Gasteiger partial charge in [0.25, 0.3) is 0 Å². The number of benzene rings is 1. The van der Waals surface area contributed by atoms with E-state index in [-0.39, 0.29) is 23.1 Å². The van der Waals surface area contributed by atoms with Crippen molar-refractivity contribution in [1.29, 1.82) is 0 Å². The lowest BCUT2D eigenvalue weighted by Crippen LogP contribution is -2.53. The van der Waals surface area contributed by atoms with Gasteiger partial charge in [-0.15, -0.1) is 11.8 Å². The summed E-state index contributed by atoms with van der Waals surface area (Å²) >= 11 is 1.66. The van der Waals surface area contributed by atoms with Crippen LogP contribution in [0.4, 0.5) is 0 Å². The van der Waals surface area contributed by atoms with Gasteiger partial charge in [-0.25, -0.2) is 0 Å². The smallest absolute Gasteiger partial charge is 0.310 e. The first kappa shape index (κ1) is 12.5. The fourth-order valence-electron chi connectivity index (χ4n) is 3.08. The lowest BCUT2D eigenvalue weighted by molar-refractivity contribution is -0.165. The molecule has 19 heavy (non-hydrogen) atoms. The van der Waals surface area contributed by atoms with Crippen molar-refractivity contribution in [3.05, 3.63) is 29.8 Å². The maximum atomic E-state index is 11.9. The first-order chi connectivity index (χ1) is 9.19. The van der Waals surface area contributed by atoms with Crippen molar-refractivity contribution in [2.24, 2.45) is 11.8 Å². The zero-order chi connectivity index (χ0) is 13.6. The zero-order valence-electron chi connectivity index (χ0n) is 10.7. The van der Waals surface area contributed by atoms with Gasteiger partial charge in [0.05, 0.1) is 26.1 Å². The second kappa shape index (κ2) is 4.56. The Bertz CT molecular complexity index is 542. The van der Waals surface area contributed by atoms with Crippen molar-refractivity contribution >= 4 is 23.7 Å². The Kier molecular flexibility index (Phi) is 3.01. The molecule has 0 amide bonds. The zero-order valence-corrected chi connectivity index (χ0v) is 11.5. The lowest BCUT2D eigenvalue weighted by Gasteiger charge is -2.44. The molecule has 2 aliphatic rings. The van der Waals surface area contributed by atoms with Crippen molar-refractivity contribution < 1.29 is 19.1 Å². The molecule has 1 aliphatic carbocycles. The molecule has 4 atom stereocenters. The molecule has 1 heterocycles. The van der Waals surface area contributed by atoms with E-state index in [1.165, 1.54) is 14.2 Å². The van der Waals surface area contributed by atoms with Crippen LogP contribution in [0.15, 0.2) is 29.2 Å². The summed E-state index contributed by atoms with van der Waals surface area (Å²) in [6.45, 7) is 0. The topological polar surface area (TPSA) is 52.6 Å². The van der Waals surface area contributed by atoms with E-state index >= 15 is 0 Å². The Morgan fingerprint density at radius 3 is 2.37 bits per heavy atom. The van der Waals surface area contributed by atoms with E-state index < -0.39 is 11.8 Å². The van der Waals surface area contributed by atoms with Gasteiger partial charge in [0.2, 0.25) is 0 Å². The van der Waals surface area contributed by atoms with Crippen LogP contribution < -0.4 is 0 Å². The van der Waals surface area contributed by atoms with Gasteiger partial charge in [0.1, 0.15) is 0 Å². The molecule has 0 aromatic heterocycles. The van der Waals surface area contributed by atoms with Crippen molar-refractivity contribution in [1.82, 2.24) is 0 Å². The summed E-state index contributed by atoms with van der Waals surface area (Å²) < 4.78 is 9.67. The van der Waals surface area contributed by atoms with Gasteiger partial charge in [-0.2, -0.15) is 0 Å². The number of hydrogen-bond donors (Lipinski definition) is 0. The van der Waals surface area contributed by atoms with Crippen LogP contribution in [-0.2, 0) is 19.1 Å². The van der Waals surface area contributed by atoms with Gasteiger partial charge in [-0.05, 0) is 11.6 Å². The van der Waals surface area contributed by atoms with E-state index in [9.17, 15) is 9.59 Å². The van der Waals surface area contributed by atoms with Crippen LogP contribution in [-0.4, -0.2) is 31.4 Å². The largest absolute Gasteiger partial charge is 0.469 e. The number of carbonyl (C=O) groups excluding carboxylic acids is 2. The highest BCUT2D eigenvalue weighted by Gasteiger charge is 2.62. The summed E-state index contributed by atoms with van der Waals surface area (Å²) in [5, 5.41) is 0.0916. The lowest BCUT2D eigenvalue weighted by atomic mass is 9.61. The number of carbonyl (C=O) groups is 2. The Hall–Kier alpha value is -1.49. The maximum absolute atomic E-state index is 11.9. The highest BCUT2D eigenvalue weighted by atomic mass is 32.2. The minimum Gasteiger partial charge on any atom is -0.469 e. The number of hydrogen-bond acceptors (Lipinski definition) is 5. The number of rotatable bonds is 2. The minimum atomic E-state index is -0.418. The fraction of sp³-hybridized carbons (Fsp3) is 0.429. The van der Waals surface area contributed by atoms with Crippen molar-refractivity contribution in [3.63, 3.8) is 0 Å². The molecule has 1 saturated carbocycles. The van der Waals surface area contributed by atoms with Gasteiger partial charge in [0, 0.05) is 16.1 Å². The van der Waals surface area contributed by atoms with Crippen LogP contribution in [0.1, 0.15) is 11.5 Å². The molecule has 0 N–H and O–H groups in total. The standard InChI is InChI=1S/C14H14O4S/c1-17-13(15)10-9-7-5-3-4-6-8(7)19-12(9)11(10)14(16)18-2/h3-6,9-12H,1-2H3. The van der Waals surface area contributed by atoms with Gasteiger partial charge < -0.3 is 9.47 Å². The summed E-state index contributed by atoms with van der Waals surface area (Å²) in [5.41, 5.74) is 1.15. The Balaban J connectivity index is 1.97. The third-order valence-electron chi connectivity index (χ3n) is 3.97. The number of fused-ring (bicyclic) bond motifs is 3. The fourth-order valence-corrected chi connectivity index (χ4v) is 4.76. The van der Waals surface area contributed by atoms with Gasteiger partial charge in [-0.1, -0.05) is 18.2 Å². The Morgan fingerprint density at radius 1 is 1.05 bits per heavy atom. The summed E-state index contributed by atoms with van der Waals surface area (Å²) in [6, 6.07) is 7.98. The quantitative estimate of drug-likeness (QED) is 0.773. The van der Waals surface area contributed by atoms with E-state index in [0.717, 1.165) is 10.5 Å². The van der Waals surface area contributed by atoms with Crippen LogP contribution in [0.3, 0.4) is 0 Å². The molecular weight excluding hydrogens is 264 g/mol. The first-order valence-electron chi connectivity index (χ1n) is 6.10. The number of thioether (sulfide) groups is 1. The first-order valence-corrected chi connectivity index (χ1v) is 6.98. The third-order valence-corrected chi connectivity index (χ3v) is 5.45. The number of ether oxygens (including phenoxy) is 2. The molecule has 100 valence electrons. The van der Waals surface area contributed by atoms with E-state index in [2.05, 4.69) is 0 Å². The molecular formula is C14H14O4S. The van der Waals surface area contributed by atoms with Crippen LogP contribution >= 0.6 is 11.8 Å². The molecule has 4 unspecified atom stereocenters. The Labute approximate surface area is 115 Å². The van der Waals surface area contributed by atoms with Crippen LogP contribution in [0.25, 0.3) is 0 Å². The second-order valence-electron chi connectivity index (χ2n) is 4.74. The van der Waals surface area contributed by atoms with Crippen LogP contribution in [0, 0.1) is 11.8 Å².